The number of nitrogens with one attached hydrogen (secondary N) is 1. The van der Waals surface area contributed by atoms with E-state index in [-0.39, 0.29) is 11.7 Å². The number of benzene rings is 1. The van der Waals surface area contributed by atoms with Crippen LogP contribution in [0.3, 0.4) is 0 Å². The quantitative estimate of drug-likeness (QED) is 0.676. The maximum absolute atomic E-state index is 12.9. The van der Waals surface area contributed by atoms with Crippen molar-refractivity contribution in [2.75, 3.05) is 0 Å². The van der Waals surface area contributed by atoms with Crippen molar-refractivity contribution in [1.29, 1.82) is 0 Å². The van der Waals surface area contributed by atoms with Crippen LogP contribution in [0.5, 0.6) is 0 Å². The predicted octanol–water partition coefficient (Wildman–Crippen LogP) is 3.57. The summed E-state index contributed by atoms with van der Waals surface area (Å²) in [4.78, 5) is 12.2. The highest BCUT2D eigenvalue weighted by Crippen LogP contribution is 2.28. The molecule has 6 nitrogen and oxygen atoms in total. The van der Waals surface area contributed by atoms with E-state index < -0.39 is 5.25 Å². The fourth-order valence-electron chi connectivity index (χ4n) is 2.11. The third kappa shape index (κ3) is 4.27. The molecule has 0 radical (unpaired) electrons. The second kappa shape index (κ2) is 7.52. The molecule has 0 fully saturated rings. The van der Waals surface area contributed by atoms with Crippen molar-refractivity contribution in [1.82, 2.24) is 15.5 Å². The van der Waals surface area contributed by atoms with Crippen LogP contribution in [0.25, 0.3) is 11.5 Å². The van der Waals surface area contributed by atoms with E-state index in [1.54, 1.807) is 38.3 Å². The van der Waals surface area contributed by atoms with Gasteiger partial charge in [0, 0.05) is 6.54 Å². The maximum atomic E-state index is 12.9. The minimum Gasteiger partial charge on any atom is -0.469 e. The fourth-order valence-corrected chi connectivity index (χ4v) is 2.82. The van der Waals surface area contributed by atoms with Gasteiger partial charge in [0.1, 0.15) is 11.6 Å². The molecule has 0 aliphatic heterocycles. The van der Waals surface area contributed by atoms with Gasteiger partial charge in [-0.15, -0.1) is 10.2 Å². The highest BCUT2D eigenvalue weighted by atomic mass is 32.2. The summed E-state index contributed by atoms with van der Waals surface area (Å²) >= 11 is 1.17. The lowest BCUT2D eigenvalue weighted by Crippen LogP contribution is -2.30. The number of hydrogen-bond donors (Lipinski definition) is 1. The van der Waals surface area contributed by atoms with Crippen molar-refractivity contribution in [3.05, 3.63) is 53.7 Å². The highest BCUT2D eigenvalue weighted by Gasteiger charge is 2.19. The first-order valence-electron chi connectivity index (χ1n) is 7.59. The van der Waals surface area contributed by atoms with Crippen LogP contribution < -0.4 is 5.32 Å². The average molecular weight is 361 g/mol. The van der Waals surface area contributed by atoms with Crippen LogP contribution >= 0.6 is 11.8 Å². The smallest absolute Gasteiger partial charge is 0.277 e. The lowest BCUT2D eigenvalue weighted by Gasteiger charge is -2.09. The highest BCUT2D eigenvalue weighted by molar-refractivity contribution is 8.00. The molecule has 1 atom stereocenters. The van der Waals surface area contributed by atoms with E-state index in [4.69, 9.17) is 8.83 Å². The summed E-state index contributed by atoms with van der Waals surface area (Å²) < 4.78 is 23.6. The van der Waals surface area contributed by atoms with E-state index in [0.717, 1.165) is 11.1 Å². The third-order valence-electron chi connectivity index (χ3n) is 3.52. The number of aryl methyl sites for hydroxylation is 1. The maximum Gasteiger partial charge on any atom is 0.277 e. The Balaban J connectivity index is 1.55. The van der Waals surface area contributed by atoms with Gasteiger partial charge < -0.3 is 14.2 Å². The topological polar surface area (TPSA) is 81.2 Å². The van der Waals surface area contributed by atoms with E-state index in [9.17, 15) is 9.18 Å². The normalized spacial score (nSPS) is 12.1. The molecular formula is C17H16FN3O3S. The lowest BCUT2D eigenvalue weighted by molar-refractivity contribution is -0.120. The molecule has 1 amide bonds. The summed E-state index contributed by atoms with van der Waals surface area (Å²) in [5.41, 5.74) is 1.55. The monoisotopic (exact) mass is 361 g/mol. The Morgan fingerprint density at radius 2 is 2.04 bits per heavy atom. The summed E-state index contributed by atoms with van der Waals surface area (Å²) in [6.45, 7) is 3.88. The van der Waals surface area contributed by atoms with Gasteiger partial charge in [-0.25, -0.2) is 4.39 Å². The number of halogens is 1. The second-order valence-corrected chi connectivity index (χ2v) is 6.66. The molecule has 1 unspecified atom stereocenters. The Bertz CT molecular complexity index is 860. The molecule has 0 saturated carbocycles. The summed E-state index contributed by atoms with van der Waals surface area (Å²) in [5, 5.41) is 10.6. The first-order chi connectivity index (χ1) is 12.0. The zero-order valence-corrected chi connectivity index (χ0v) is 14.5. The fraction of sp³-hybridized carbons (Fsp3) is 0.235. The largest absolute Gasteiger partial charge is 0.469 e. The first kappa shape index (κ1) is 17.2. The lowest BCUT2D eigenvalue weighted by atomic mass is 10.2. The molecule has 25 heavy (non-hydrogen) atoms. The van der Waals surface area contributed by atoms with Crippen LogP contribution in [0.1, 0.15) is 18.2 Å². The SMILES string of the molecule is Cc1occc1-c1nnc(SC(C)C(=O)NCc2ccc(F)cc2)o1. The van der Waals surface area contributed by atoms with E-state index in [1.165, 1.54) is 23.9 Å². The number of hydrogen-bond acceptors (Lipinski definition) is 6. The molecule has 2 aromatic heterocycles. The minimum absolute atomic E-state index is 0.173. The summed E-state index contributed by atoms with van der Waals surface area (Å²) in [6, 6.07) is 7.72. The van der Waals surface area contributed by atoms with Crippen LogP contribution in [0.4, 0.5) is 4.39 Å². The Kier molecular flexibility index (Phi) is 5.18. The van der Waals surface area contributed by atoms with E-state index in [2.05, 4.69) is 15.5 Å². The number of furan rings is 1. The van der Waals surface area contributed by atoms with Crippen LogP contribution in [0.15, 0.2) is 50.7 Å². The molecular weight excluding hydrogens is 345 g/mol. The number of aromatic nitrogens is 2. The number of carbonyl (C=O) groups excluding carboxylic acids is 1. The summed E-state index contributed by atoms with van der Waals surface area (Å²) in [5.74, 6) is 0.561. The molecule has 2 heterocycles. The summed E-state index contributed by atoms with van der Waals surface area (Å²) in [6.07, 6.45) is 1.55. The number of amides is 1. The van der Waals surface area contributed by atoms with Crippen LogP contribution in [-0.2, 0) is 11.3 Å². The van der Waals surface area contributed by atoms with Crippen LogP contribution in [-0.4, -0.2) is 21.4 Å². The van der Waals surface area contributed by atoms with Gasteiger partial charge in [0.15, 0.2) is 0 Å². The van der Waals surface area contributed by atoms with Crippen molar-refractivity contribution < 1.29 is 18.0 Å². The number of thioether (sulfide) groups is 1. The van der Waals surface area contributed by atoms with Gasteiger partial charge in [0.25, 0.3) is 11.1 Å². The Hall–Kier alpha value is -2.61. The Labute approximate surface area is 147 Å². The van der Waals surface area contributed by atoms with Gasteiger partial charge in [-0.2, -0.15) is 0 Å². The van der Waals surface area contributed by atoms with Gasteiger partial charge in [0.2, 0.25) is 5.91 Å². The van der Waals surface area contributed by atoms with Crippen LogP contribution in [0.2, 0.25) is 0 Å². The van der Waals surface area contributed by atoms with Crippen molar-refractivity contribution in [3.8, 4) is 11.5 Å². The van der Waals surface area contributed by atoms with Crippen LogP contribution in [0, 0.1) is 12.7 Å². The van der Waals surface area contributed by atoms with Crippen molar-refractivity contribution in [2.45, 2.75) is 30.9 Å². The Morgan fingerprint density at radius 1 is 1.28 bits per heavy atom. The minimum atomic E-state index is -0.417. The first-order valence-corrected chi connectivity index (χ1v) is 8.47. The molecule has 0 spiro atoms. The van der Waals surface area contributed by atoms with E-state index in [1.807, 2.05) is 0 Å². The molecule has 130 valence electrons. The number of nitrogens with zero attached hydrogens (tertiary/aromatic N) is 2. The second-order valence-electron chi connectivity index (χ2n) is 5.37. The van der Waals surface area contributed by atoms with Crippen molar-refractivity contribution >= 4 is 17.7 Å². The standard InChI is InChI=1S/C17H16FN3O3S/c1-10-14(7-8-23-10)16-20-21-17(24-16)25-11(2)15(22)19-9-12-3-5-13(18)6-4-12/h3-8,11H,9H2,1-2H3,(H,19,22). The van der Waals surface area contributed by atoms with Gasteiger partial charge in [0.05, 0.1) is 17.1 Å². The Morgan fingerprint density at radius 3 is 2.72 bits per heavy atom. The van der Waals surface area contributed by atoms with Gasteiger partial charge in [-0.1, -0.05) is 23.9 Å². The molecule has 1 aromatic carbocycles. The molecule has 0 bridgehead atoms. The zero-order valence-electron chi connectivity index (χ0n) is 13.7. The molecule has 1 N–H and O–H groups in total. The van der Waals surface area contributed by atoms with Gasteiger partial charge in [-0.05, 0) is 37.6 Å². The molecule has 3 rings (SSSR count). The van der Waals surface area contributed by atoms with E-state index >= 15 is 0 Å². The summed E-state index contributed by atoms with van der Waals surface area (Å²) in [7, 11) is 0. The van der Waals surface area contributed by atoms with Crippen molar-refractivity contribution in [3.63, 3.8) is 0 Å². The molecule has 0 aliphatic rings. The molecule has 0 saturated heterocycles. The van der Waals surface area contributed by atoms with Crippen molar-refractivity contribution in [2.24, 2.45) is 0 Å². The van der Waals surface area contributed by atoms with Gasteiger partial charge in [-0.3, -0.25) is 4.79 Å². The molecule has 3 aromatic rings. The third-order valence-corrected chi connectivity index (χ3v) is 4.46. The predicted molar refractivity (Wildman–Crippen MR) is 90.3 cm³/mol. The number of rotatable bonds is 6. The zero-order chi connectivity index (χ0) is 17.8. The average Bonchev–Trinajstić information content (AvgIpc) is 3.22. The van der Waals surface area contributed by atoms with Gasteiger partial charge >= 0.3 is 0 Å². The number of carbonyl (C=O) groups is 1. The molecule has 8 heteroatoms. The molecule has 0 aliphatic carbocycles. The van der Waals surface area contributed by atoms with E-state index in [0.29, 0.717) is 23.4 Å².